The second-order valence-electron chi connectivity index (χ2n) is 5.20. The number of benzene rings is 1. The van der Waals surface area contributed by atoms with E-state index in [9.17, 15) is 23.4 Å². The standard InChI is InChI=1S/C14H19F3N2O2.ClH/c15-14(16,17)4-3-12(19-7-5-18-6-8-19)11-9-10(20)1-2-13(11)21;/h1-2,9,12,18,20-21H,3-8H2;1H/t12-;/m0./s1. The van der Waals surface area contributed by atoms with Crippen LogP contribution in [0, 0.1) is 0 Å². The number of hydrogen-bond donors (Lipinski definition) is 3. The quantitative estimate of drug-likeness (QED) is 0.738. The van der Waals surface area contributed by atoms with Crippen LogP contribution in [0.1, 0.15) is 24.4 Å². The fourth-order valence-electron chi connectivity index (χ4n) is 2.64. The maximum atomic E-state index is 12.5. The van der Waals surface area contributed by atoms with Gasteiger partial charge in [0.25, 0.3) is 0 Å². The fraction of sp³-hybridized carbons (Fsp3) is 0.571. The van der Waals surface area contributed by atoms with Crippen LogP contribution in [0.4, 0.5) is 13.2 Å². The first kappa shape index (κ1) is 18.9. The van der Waals surface area contributed by atoms with E-state index >= 15 is 0 Å². The van der Waals surface area contributed by atoms with Gasteiger partial charge in [-0.1, -0.05) is 0 Å². The minimum atomic E-state index is -4.24. The molecular formula is C14H20ClF3N2O2. The molecule has 8 heteroatoms. The molecule has 1 saturated heterocycles. The van der Waals surface area contributed by atoms with Crippen LogP contribution in [-0.2, 0) is 0 Å². The van der Waals surface area contributed by atoms with E-state index in [1.54, 1.807) is 0 Å². The van der Waals surface area contributed by atoms with Crippen molar-refractivity contribution in [3.05, 3.63) is 23.8 Å². The van der Waals surface area contributed by atoms with Gasteiger partial charge in [-0.2, -0.15) is 13.2 Å². The van der Waals surface area contributed by atoms with Crippen molar-refractivity contribution in [2.75, 3.05) is 26.2 Å². The highest BCUT2D eigenvalue weighted by atomic mass is 35.5. The second-order valence-corrected chi connectivity index (χ2v) is 5.20. The third-order valence-electron chi connectivity index (χ3n) is 3.66. The summed E-state index contributed by atoms with van der Waals surface area (Å²) in [6.45, 7) is 2.61. The van der Waals surface area contributed by atoms with Gasteiger partial charge in [0, 0.05) is 44.2 Å². The normalized spacial score (nSPS) is 17.8. The van der Waals surface area contributed by atoms with E-state index < -0.39 is 18.6 Å². The summed E-state index contributed by atoms with van der Waals surface area (Å²) in [5.41, 5.74) is 0.348. The molecule has 0 aromatic heterocycles. The summed E-state index contributed by atoms with van der Waals surface area (Å²) in [6, 6.07) is 3.42. The summed E-state index contributed by atoms with van der Waals surface area (Å²) in [4.78, 5) is 1.91. The number of phenolic OH excluding ortho intramolecular Hbond substituents is 2. The Kier molecular flexibility index (Phi) is 6.77. The van der Waals surface area contributed by atoms with Crippen molar-refractivity contribution < 1.29 is 23.4 Å². The highest BCUT2D eigenvalue weighted by molar-refractivity contribution is 5.85. The molecule has 1 aromatic rings. The smallest absolute Gasteiger partial charge is 0.389 e. The number of phenols is 2. The van der Waals surface area contributed by atoms with Crippen LogP contribution >= 0.6 is 12.4 Å². The van der Waals surface area contributed by atoms with Crippen LogP contribution in [0.5, 0.6) is 11.5 Å². The van der Waals surface area contributed by atoms with Crippen molar-refractivity contribution >= 4 is 12.4 Å². The average molecular weight is 341 g/mol. The molecule has 1 heterocycles. The Morgan fingerprint density at radius 3 is 2.41 bits per heavy atom. The van der Waals surface area contributed by atoms with Gasteiger partial charge in [-0.3, -0.25) is 4.90 Å². The van der Waals surface area contributed by atoms with E-state index in [1.165, 1.54) is 18.2 Å². The number of hydrogen-bond acceptors (Lipinski definition) is 4. The third-order valence-corrected chi connectivity index (χ3v) is 3.66. The molecule has 2 rings (SSSR count). The number of piperazine rings is 1. The van der Waals surface area contributed by atoms with E-state index in [0.29, 0.717) is 31.7 Å². The van der Waals surface area contributed by atoms with Crippen molar-refractivity contribution in [2.24, 2.45) is 0 Å². The molecule has 1 atom stereocenters. The molecule has 126 valence electrons. The molecule has 0 aliphatic carbocycles. The maximum Gasteiger partial charge on any atom is 0.389 e. The Bertz CT molecular complexity index is 480. The zero-order valence-corrected chi connectivity index (χ0v) is 12.8. The molecule has 1 aliphatic heterocycles. The third kappa shape index (κ3) is 5.23. The molecule has 0 bridgehead atoms. The van der Waals surface area contributed by atoms with Gasteiger partial charge in [-0.15, -0.1) is 12.4 Å². The number of rotatable bonds is 4. The number of halogens is 4. The molecule has 0 radical (unpaired) electrons. The lowest BCUT2D eigenvalue weighted by atomic mass is 9.98. The van der Waals surface area contributed by atoms with Crippen LogP contribution in [0.15, 0.2) is 18.2 Å². The largest absolute Gasteiger partial charge is 0.508 e. The van der Waals surface area contributed by atoms with E-state index in [4.69, 9.17) is 0 Å². The van der Waals surface area contributed by atoms with Crippen molar-refractivity contribution in [1.82, 2.24) is 10.2 Å². The number of nitrogens with one attached hydrogen (secondary N) is 1. The fourth-order valence-corrected chi connectivity index (χ4v) is 2.64. The first-order chi connectivity index (χ1) is 9.87. The van der Waals surface area contributed by atoms with Crippen molar-refractivity contribution in [3.8, 4) is 11.5 Å². The van der Waals surface area contributed by atoms with Gasteiger partial charge >= 0.3 is 6.18 Å². The van der Waals surface area contributed by atoms with Gasteiger partial charge in [0.05, 0.1) is 0 Å². The second kappa shape index (κ2) is 7.89. The molecule has 1 aromatic carbocycles. The molecule has 1 aliphatic rings. The number of alkyl halides is 3. The molecule has 22 heavy (non-hydrogen) atoms. The summed E-state index contributed by atoms with van der Waals surface area (Å²) in [6.07, 6.45) is -5.30. The minimum Gasteiger partial charge on any atom is -0.508 e. The van der Waals surface area contributed by atoms with Gasteiger partial charge < -0.3 is 15.5 Å². The van der Waals surface area contributed by atoms with Crippen LogP contribution in [0.3, 0.4) is 0 Å². The first-order valence-electron chi connectivity index (χ1n) is 6.90. The topological polar surface area (TPSA) is 55.7 Å². The predicted molar refractivity (Wildman–Crippen MR) is 79.5 cm³/mol. The highest BCUT2D eigenvalue weighted by Gasteiger charge is 2.32. The van der Waals surface area contributed by atoms with Gasteiger partial charge in [0.15, 0.2) is 0 Å². The molecule has 0 saturated carbocycles. The highest BCUT2D eigenvalue weighted by Crippen LogP contribution is 2.37. The predicted octanol–water partition coefficient (Wildman–Crippen LogP) is 2.81. The average Bonchev–Trinajstić information content (AvgIpc) is 2.43. The molecule has 4 nitrogen and oxygen atoms in total. The lowest BCUT2D eigenvalue weighted by Gasteiger charge is -2.35. The van der Waals surface area contributed by atoms with Gasteiger partial charge in [-0.25, -0.2) is 0 Å². The molecule has 1 fully saturated rings. The lowest BCUT2D eigenvalue weighted by Crippen LogP contribution is -2.45. The monoisotopic (exact) mass is 340 g/mol. The molecule has 3 N–H and O–H groups in total. The van der Waals surface area contributed by atoms with Gasteiger partial charge in [0.1, 0.15) is 11.5 Å². The van der Waals surface area contributed by atoms with Gasteiger partial charge in [-0.05, 0) is 24.6 Å². The van der Waals surface area contributed by atoms with Crippen LogP contribution < -0.4 is 5.32 Å². The summed E-state index contributed by atoms with van der Waals surface area (Å²) in [7, 11) is 0. The Labute approximate surface area is 133 Å². The van der Waals surface area contributed by atoms with E-state index in [-0.39, 0.29) is 30.3 Å². The first-order valence-corrected chi connectivity index (χ1v) is 6.90. The SMILES string of the molecule is Cl.Oc1ccc(O)c([C@H](CCC(F)(F)F)N2CCNCC2)c1. The molecular weight excluding hydrogens is 321 g/mol. The zero-order chi connectivity index (χ0) is 15.5. The van der Waals surface area contributed by atoms with Crippen molar-refractivity contribution in [1.29, 1.82) is 0 Å². The van der Waals surface area contributed by atoms with Crippen molar-refractivity contribution in [2.45, 2.75) is 25.1 Å². The van der Waals surface area contributed by atoms with E-state index in [2.05, 4.69) is 5.32 Å². The summed E-state index contributed by atoms with van der Waals surface area (Å²) < 4.78 is 37.6. The zero-order valence-electron chi connectivity index (χ0n) is 11.9. The Hall–Kier alpha value is -1.18. The van der Waals surface area contributed by atoms with Crippen LogP contribution in [-0.4, -0.2) is 47.5 Å². The minimum absolute atomic E-state index is 0. The van der Waals surface area contributed by atoms with Crippen LogP contribution in [0.25, 0.3) is 0 Å². The van der Waals surface area contributed by atoms with E-state index in [1.807, 2.05) is 4.90 Å². The Morgan fingerprint density at radius 1 is 1.18 bits per heavy atom. The lowest BCUT2D eigenvalue weighted by molar-refractivity contribution is -0.138. The summed E-state index contributed by atoms with van der Waals surface area (Å²) >= 11 is 0. The van der Waals surface area contributed by atoms with Crippen LogP contribution in [0.2, 0.25) is 0 Å². The summed E-state index contributed by atoms with van der Waals surface area (Å²) in [5, 5.41) is 22.6. The Morgan fingerprint density at radius 2 is 1.82 bits per heavy atom. The molecule has 0 spiro atoms. The molecule has 0 amide bonds. The van der Waals surface area contributed by atoms with E-state index in [0.717, 1.165) is 0 Å². The van der Waals surface area contributed by atoms with Gasteiger partial charge in [0.2, 0.25) is 0 Å². The molecule has 0 unspecified atom stereocenters. The number of nitrogens with zero attached hydrogens (tertiary/aromatic N) is 1. The maximum absolute atomic E-state index is 12.5. The van der Waals surface area contributed by atoms with Crippen molar-refractivity contribution in [3.63, 3.8) is 0 Å². The number of aromatic hydroxyl groups is 2. The summed E-state index contributed by atoms with van der Waals surface area (Å²) in [5.74, 6) is -0.145. The Balaban J connectivity index is 0.00000242.